The van der Waals surface area contributed by atoms with Gasteiger partial charge in [-0.15, -0.1) is 0 Å². The van der Waals surface area contributed by atoms with Crippen LogP contribution in [-0.4, -0.2) is 34.6 Å². The second-order valence-electron chi connectivity index (χ2n) is 5.06. The molecule has 19 heavy (non-hydrogen) atoms. The number of piperidine rings is 1. The van der Waals surface area contributed by atoms with Gasteiger partial charge in [0, 0.05) is 18.7 Å². The summed E-state index contributed by atoms with van der Waals surface area (Å²) < 4.78 is 0. The van der Waals surface area contributed by atoms with Crippen molar-refractivity contribution in [3.8, 4) is 0 Å². The zero-order valence-electron chi connectivity index (χ0n) is 11.0. The van der Waals surface area contributed by atoms with Gasteiger partial charge in [-0.2, -0.15) is 0 Å². The quantitative estimate of drug-likeness (QED) is 0.655. The number of aliphatic hydroxyl groups is 1. The highest BCUT2D eigenvalue weighted by Crippen LogP contribution is 2.21. The van der Waals surface area contributed by atoms with E-state index < -0.39 is 11.0 Å². The lowest BCUT2D eigenvalue weighted by Crippen LogP contribution is -2.31. The molecule has 1 aliphatic rings. The van der Waals surface area contributed by atoms with E-state index in [-0.39, 0.29) is 5.69 Å². The average molecular weight is 264 g/mol. The molecule has 0 aromatic heterocycles. The monoisotopic (exact) mass is 264 g/mol. The van der Waals surface area contributed by atoms with Gasteiger partial charge in [-0.3, -0.25) is 10.1 Å². The molecule has 5 heteroatoms. The number of non-ortho nitro benzene ring substituents is 1. The molecule has 0 amide bonds. The highest BCUT2D eigenvalue weighted by Gasteiger charge is 2.14. The molecule has 5 nitrogen and oxygen atoms in total. The van der Waals surface area contributed by atoms with Crippen LogP contribution in [0.25, 0.3) is 0 Å². The zero-order valence-corrected chi connectivity index (χ0v) is 11.0. The Kier molecular flexibility index (Phi) is 4.87. The van der Waals surface area contributed by atoms with Gasteiger partial charge >= 0.3 is 0 Å². The summed E-state index contributed by atoms with van der Waals surface area (Å²) in [5.41, 5.74) is 0.814. The molecule has 0 radical (unpaired) electrons. The van der Waals surface area contributed by atoms with E-state index in [9.17, 15) is 15.2 Å². The summed E-state index contributed by atoms with van der Waals surface area (Å²) in [6.45, 7) is 3.12. The first-order valence-electron chi connectivity index (χ1n) is 6.81. The fourth-order valence-corrected chi connectivity index (χ4v) is 2.47. The normalized spacial score (nSPS) is 18.2. The molecular weight excluding hydrogens is 244 g/mol. The first kappa shape index (κ1) is 14.0. The van der Waals surface area contributed by atoms with Gasteiger partial charge in [0.2, 0.25) is 0 Å². The maximum atomic E-state index is 10.6. The lowest BCUT2D eigenvalue weighted by molar-refractivity contribution is -0.384. The minimum Gasteiger partial charge on any atom is -0.388 e. The topological polar surface area (TPSA) is 66.6 Å². The van der Waals surface area contributed by atoms with Gasteiger partial charge < -0.3 is 10.0 Å². The van der Waals surface area contributed by atoms with Crippen molar-refractivity contribution < 1.29 is 10.0 Å². The molecule has 1 aliphatic heterocycles. The first-order valence-corrected chi connectivity index (χ1v) is 6.81. The summed E-state index contributed by atoms with van der Waals surface area (Å²) in [5, 5.41) is 20.6. The molecule has 1 heterocycles. The number of rotatable bonds is 5. The van der Waals surface area contributed by atoms with Crippen LogP contribution in [0, 0.1) is 10.1 Å². The second kappa shape index (κ2) is 6.63. The second-order valence-corrected chi connectivity index (χ2v) is 5.06. The van der Waals surface area contributed by atoms with E-state index in [2.05, 4.69) is 4.90 Å². The Bertz CT molecular complexity index is 413. The molecule has 1 atom stereocenters. The van der Waals surface area contributed by atoms with Gasteiger partial charge in [-0.05, 0) is 50.0 Å². The Labute approximate surface area is 113 Å². The molecule has 1 aromatic carbocycles. The largest absolute Gasteiger partial charge is 0.388 e. The summed E-state index contributed by atoms with van der Waals surface area (Å²) >= 11 is 0. The Hall–Kier alpha value is -1.46. The fraction of sp³-hybridized carbons (Fsp3) is 0.571. The highest BCUT2D eigenvalue weighted by atomic mass is 16.6. The number of nitro benzene ring substituents is 1. The van der Waals surface area contributed by atoms with Crippen molar-refractivity contribution in [3.63, 3.8) is 0 Å². The molecule has 0 unspecified atom stereocenters. The third-order valence-electron chi connectivity index (χ3n) is 3.66. The van der Waals surface area contributed by atoms with E-state index in [4.69, 9.17) is 0 Å². The van der Waals surface area contributed by atoms with Gasteiger partial charge in [0.1, 0.15) is 0 Å². The Balaban J connectivity index is 1.84. The Morgan fingerprint density at radius 3 is 2.42 bits per heavy atom. The summed E-state index contributed by atoms with van der Waals surface area (Å²) in [7, 11) is 0. The van der Waals surface area contributed by atoms with Crippen LogP contribution >= 0.6 is 0 Å². The molecule has 1 N–H and O–H groups in total. The predicted octanol–water partition coefficient (Wildman–Crippen LogP) is 2.50. The van der Waals surface area contributed by atoms with E-state index in [0.29, 0.717) is 6.42 Å². The van der Waals surface area contributed by atoms with Crippen molar-refractivity contribution in [1.82, 2.24) is 4.90 Å². The van der Waals surface area contributed by atoms with Crippen LogP contribution in [0.1, 0.15) is 37.4 Å². The van der Waals surface area contributed by atoms with Crippen molar-refractivity contribution in [1.29, 1.82) is 0 Å². The van der Waals surface area contributed by atoms with Crippen LogP contribution in [0.2, 0.25) is 0 Å². The van der Waals surface area contributed by atoms with E-state index in [0.717, 1.165) is 25.2 Å². The number of likely N-dealkylation sites (tertiary alicyclic amines) is 1. The lowest BCUT2D eigenvalue weighted by Gasteiger charge is -2.27. The van der Waals surface area contributed by atoms with Crippen LogP contribution in [0.5, 0.6) is 0 Å². The summed E-state index contributed by atoms with van der Waals surface area (Å²) in [5.74, 6) is 0. The third-order valence-corrected chi connectivity index (χ3v) is 3.66. The van der Waals surface area contributed by atoms with Gasteiger partial charge in [-0.25, -0.2) is 0 Å². The third kappa shape index (κ3) is 4.01. The van der Waals surface area contributed by atoms with Crippen LogP contribution in [0.3, 0.4) is 0 Å². The van der Waals surface area contributed by atoms with Gasteiger partial charge in [-0.1, -0.05) is 6.42 Å². The molecule has 0 saturated carbocycles. The highest BCUT2D eigenvalue weighted by molar-refractivity contribution is 5.33. The smallest absolute Gasteiger partial charge is 0.269 e. The molecular formula is C14H20N2O3. The van der Waals surface area contributed by atoms with Crippen molar-refractivity contribution >= 4 is 5.69 Å². The van der Waals surface area contributed by atoms with Gasteiger partial charge in [0.25, 0.3) is 5.69 Å². The van der Waals surface area contributed by atoms with E-state index in [1.54, 1.807) is 12.1 Å². The molecule has 1 aromatic rings. The first-order chi connectivity index (χ1) is 9.16. The molecule has 0 aliphatic carbocycles. The Morgan fingerprint density at radius 2 is 1.84 bits per heavy atom. The van der Waals surface area contributed by atoms with Crippen molar-refractivity contribution in [2.75, 3.05) is 19.6 Å². The SMILES string of the molecule is O=[N+]([O-])c1ccc([C@@H](O)CCN2CCCCC2)cc1. The van der Waals surface area contributed by atoms with Gasteiger partial charge in [0.05, 0.1) is 11.0 Å². The molecule has 1 fully saturated rings. The van der Waals surface area contributed by atoms with Crippen molar-refractivity contribution in [2.45, 2.75) is 31.8 Å². The summed E-state index contributed by atoms with van der Waals surface area (Å²) in [6.07, 6.45) is 3.93. The number of hydrogen-bond acceptors (Lipinski definition) is 4. The zero-order chi connectivity index (χ0) is 13.7. The average Bonchev–Trinajstić information content (AvgIpc) is 2.46. The van der Waals surface area contributed by atoms with Gasteiger partial charge in [0.15, 0.2) is 0 Å². The van der Waals surface area contributed by atoms with E-state index >= 15 is 0 Å². The molecule has 0 bridgehead atoms. The summed E-state index contributed by atoms with van der Waals surface area (Å²) in [6, 6.07) is 6.16. The maximum Gasteiger partial charge on any atom is 0.269 e. The molecule has 0 spiro atoms. The van der Waals surface area contributed by atoms with Crippen LogP contribution in [0.15, 0.2) is 24.3 Å². The number of nitro groups is 1. The van der Waals surface area contributed by atoms with E-state index in [1.165, 1.54) is 31.4 Å². The lowest BCUT2D eigenvalue weighted by atomic mass is 10.0. The maximum absolute atomic E-state index is 10.6. The van der Waals surface area contributed by atoms with Crippen LogP contribution < -0.4 is 0 Å². The number of hydrogen-bond donors (Lipinski definition) is 1. The molecule has 104 valence electrons. The van der Waals surface area contributed by atoms with Crippen LogP contribution in [0.4, 0.5) is 5.69 Å². The van der Waals surface area contributed by atoms with Crippen molar-refractivity contribution in [2.24, 2.45) is 0 Å². The predicted molar refractivity (Wildman–Crippen MR) is 73.0 cm³/mol. The minimum absolute atomic E-state index is 0.0620. The standard InChI is InChI=1S/C14H20N2O3/c17-14(8-11-15-9-2-1-3-10-15)12-4-6-13(7-5-12)16(18)19/h4-7,14,17H,1-3,8-11H2/t14-/m0/s1. The molecule has 1 saturated heterocycles. The summed E-state index contributed by atoms with van der Waals surface area (Å²) in [4.78, 5) is 12.5. The molecule has 2 rings (SSSR count). The fourth-order valence-electron chi connectivity index (χ4n) is 2.47. The minimum atomic E-state index is -0.539. The number of aliphatic hydroxyl groups excluding tert-OH is 1. The van der Waals surface area contributed by atoms with Crippen molar-refractivity contribution in [3.05, 3.63) is 39.9 Å². The Morgan fingerprint density at radius 1 is 1.21 bits per heavy atom. The number of benzene rings is 1. The van der Waals surface area contributed by atoms with E-state index in [1.807, 2.05) is 0 Å². The van der Waals surface area contributed by atoms with Crippen LogP contribution in [-0.2, 0) is 0 Å². The number of nitrogens with zero attached hydrogens (tertiary/aromatic N) is 2.